The van der Waals surface area contributed by atoms with Crippen LogP contribution in [0.5, 0.6) is 0 Å². The van der Waals surface area contributed by atoms with Gasteiger partial charge in [0.15, 0.2) is 0 Å². The number of carboxylic acids is 1. The van der Waals surface area contributed by atoms with E-state index in [9.17, 15) is 15.0 Å². The Balaban J connectivity index is 2.12. The van der Waals surface area contributed by atoms with Crippen LogP contribution in [0, 0.1) is 23.7 Å². The molecule has 0 aromatic rings. The monoisotopic (exact) mass is 212 g/mol. The summed E-state index contributed by atoms with van der Waals surface area (Å²) in [5, 5.41) is 18.5. The summed E-state index contributed by atoms with van der Waals surface area (Å²) < 4.78 is 0. The zero-order valence-corrected chi connectivity index (χ0v) is 9.06. The number of hydrogen-bond donors (Lipinski definition) is 2. The first-order valence-corrected chi connectivity index (χ1v) is 6.07. The van der Waals surface area contributed by atoms with Gasteiger partial charge in [-0.25, -0.2) is 0 Å². The lowest BCUT2D eigenvalue weighted by molar-refractivity contribution is -0.148. The fraction of sp³-hybridized carbons (Fsp3) is 0.917. The van der Waals surface area contributed by atoms with Gasteiger partial charge in [-0.1, -0.05) is 12.8 Å². The number of aliphatic hydroxyl groups is 1. The molecule has 2 aliphatic rings. The Morgan fingerprint density at radius 1 is 1.07 bits per heavy atom. The van der Waals surface area contributed by atoms with Crippen molar-refractivity contribution in [1.29, 1.82) is 0 Å². The van der Waals surface area contributed by atoms with Crippen molar-refractivity contribution in [1.82, 2.24) is 0 Å². The molecule has 4 atom stereocenters. The maximum absolute atomic E-state index is 11.1. The molecule has 0 amide bonds. The van der Waals surface area contributed by atoms with Gasteiger partial charge >= 0.3 is 5.97 Å². The summed E-state index contributed by atoms with van der Waals surface area (Å²) >= 11 is 0. The van der Waals surface area contributed by atoms with Crippen LogP contribution in [0.1, 0.15) is 38.5 Å². The van der Waals surface area contributed by atoms with Gasteiger partial charge in [0.05, 0.1) is 5.92 Å². The van der Waals surface area contributed by atoms with Crippen LogP contribution in [0.4, 0.5) is 0 Å². The van der Waals surface area contributed by atoms with E-state index in [1.807, 2.05) is 0 Å². The molecular formula is C12H20O3. The number of carbonyl (C=O) groups is 1. The number of hydrogen-bond acceptors (Lipinski definition) is 2. The molecule has 2 saturated carbocycles. The quantitative estimate of drug-likeness (QED) is 0.735. The van der Waals surface area contributed by atoms with E-state index >= 15 is 0 Å². The van der Waals surface area contributed by atoms with E-state index in [-0.39, 0.29) is 12.5 Å². The van der Waals surface area contributed by atoms with Crippen molar-refractivity contribution in [3.8, 4) is 0 Å². The molecule has 15 heavy (non-hydrogen) atoms. The van der Waals surface area contributed by atoms with Crippen LogP contribution in [0.2, 0.25) is 0 Å². The predicted molar refractivity (Wildman–Crippen MR) is 56.4 cm³/mol. The van der Waals surface area contributed by atoms with E-state index in [0.717, 1.165) is 25.7 Å². The van der Waals surface area contributed by atoms with E-state index in [1.165, 1.54) is 12.8 Å². The van der Waals surface area contributed by atoms with Gasteiger partial charge in [-0.05, 0) is 43.4 Å². The zero-order chi connectivity index (χ0) is 10.8. The fourth-order valence-electron chi connectivity index (χ4n) is 3.63. The van der Waals surface area contributed by atoms with Crippen molar-refractivity contribution in [3.63, 3.8) is 0 Å². The van der Waals surface area contributed by atoms with Gasteiger partial charge in [-0.15, -0.1) is 0 Å². The standard InChI is InChI=1S/C12H20O3/c13-7-8-5-6-11(12(14)15)10-4-2-1-3-9(8)10/h8-11,13H,1-7H2,(H,14,15). The van der Waals surface area contributed by atoms with E-state index in [4.69, 9.17) is 0 Å². The Kier molecular flexibility index (Phi) is 3.29. The minimum Gasteiger partial charge on any atom is -0.481 e. The molecule has 0 aromatic carbocycles. The van der Waals surface area contributed by atoms with Crippen molar-refractivity contribution >= 4 is 5.97 Å². The lowest BCUT2D eigenvalue weighted by atomic mass is 9.61. The Bertz CT molecular complexity index is 239. The van der Waals surface area contributed by atoms with Crippen molar-refractivity contribution in [2.75, 3.05) is 6.61 Å². The average molecular weight is 212 g/mol. The van der Waals surface area contributed by atoms with Gasteiger partial charge in [-0.2, -0.15) is 0 Å². The number of aliphatic carboxylic acids is 1. The molecule has 0 spiro atoms. The molecule has 0 heterocycles. The topological polar surface area (TPSA) is 57.5 Å². The third kappa shape index (κ3) is 2.03. The second-order valence-corrected chi connectivity index (χ2v) is 5.08. The third-order valence-corrected chi connectivity index (χ3v) is 4.40. The molecule has 0 aliphatic heterocycles. The van der Waals surface area contributed by atoms with E-state index in [1.54, 1.807) is 0 Å². The second kappa shape index (κ2) is 4.52. The van der Waals surface area contributed by atoms with Gasteiger partial charge in [0.25, 0.3) is 0 Å². The largest absolute Gasteiger partial charge is 0.481 e. The van der Waals surface area contributed by atoms with Crippen molar-refractivity contribution < 1.29 is 15.0 Å². The molecule has 2 fully saturated rings. The molecule has 0 bridgehead atoms. The fourth-order valence-corrected chi connectivity index (χ4v) is 3.63. The highest BCUT2D eigenvalue weighted by Gasteiger charge is 2.42. The first-order chi connectivity index (χ1) is 7.24. The second-order valence-electron chi connectivity index (χ2n) is 5.08. The van der Waals surface area contributed by atoms with Crippen LogP contribution in [0.25, 0.3) is 0 Å². The van der Waals surface area contributed by atoms with E-state index in [2.05, 4.69) is 0 Å². The lowest BCUT2D eigenvalue weighted by Crippen LogP contribution is -2.41. The molecule has 2 rings (SSSR count). The van der Waals surface area contributed by atoms with Crippen molar-refractivity contribution in [2.24, 2.45) is 23.7 Å². The first kappa shape index (κ1) is 10.9. The van der Waals surface area contributed by atoms with Crippen LogP contribution in [0.3, 0.4) is 0 Å². The molecular weight excluding hydrogens is 192 g/mol. The molecule has 86 valence electrons. The van der Waals surface area contributed by atoms with Crippen LogP contribution in [-0.4, -0.2) is 22.8 Å². The van der Waals surface area contributed by atoms with Crippen LogP contribution < -0.4 is 0 Å². The number of aliphatic hydroxyl groups excluding tert-OH is 1. The van der Waals surface area contributed by atoms with Crippen molar-refractivity contribution in [3.05, 3.63) is 0 Å². The van der Waals surface area contributed by atoms with E-state index in [0.29, 0.717) is 17.8 Å². The molecule has 3 nitrogen and oxygen atoms in total. The number of fused-ring (bicyclic) bond motifs is 1. The summed E-state index contributed by atoms with van der Waals surface area (Å²) in [6, 6.07) is 0. The predicted octanol–water partition coefficient (Wildman–Crippen LogP) is 1.90. The SMILES string of the molecule is O=C(O)C1CCC(CO)C2CCCCC12. The summed E-state index contributed by atoms with van der Waals surface area (Å²) in [5.74, 6) is 0.410. The Labute approximate surface area is 90.5 Å². The highest BCUT2D eigenvalue weighted by atomic mass is 16.4. The summed E-state index contributed by atoms with van der Waals surface area (Å²) in [6.45, 7) is 0.244. The normalized spacial score (nSPS) is 40.9. The average Bonchev–Trinajstić information content (AvgIpc) is 2.27. The van der Waals surface area contributed by atoms with Gasteiger partial charge < -0.3 is 10.2 Å². The van der Waals surface area contributed by atoms with Crippen LogP contribution in [-0.2, 0) is 4.79 Å². The minimum absolute atomic E-state index is 0.141. The molecule has 0 radical (unpaired) electrons. The first-order valence-electron chi connectivity index (χ1n) is 6.07. The Hall–Kier alpha value is -0.570. The maximum atomic E-state index is 11.1. The summed E-state index contributed by atoms with van der Waals surface area (Å²) in [5.41, 5.74) is 0. The molecule has 4 unspecified atom stereocenters. The third-order valence-electron chi connectivity index (χ3n) is 4.40. The van der Waals surface area contributed by atoms with Crippen LogP contribution >= 0.6 is 0 Å². The minimum atomic E-state index is -0.622. The number of carboxylic acid groups (broad SMARTS) is 1. The Morgan fingerprint density at radius 3 is 2.33 bits per heavy atom. The molecule has 2 N–H and O–H groups in total. The Morgan fingerprint density at radius 2 is 1.73 bits per heavy atom. The summed E-state index contributed by atoms with van der Waals surface area (Å²) in [4.78, 5) is 11.1. The van der Waals surface area contributed by atoms with Gasteiger partial charge in [0.1, 0.15) is 0 Å². The number of rotatable bonds is 2. The smallest absolute Gasteiger partial charge is 0.306 e. The van der Waals surface area contributed by atoms with Crippen molar-refractivity contribution in [2.45, 2.75) is 38.5 Å². The van der Waals surface area contributed by atoms with E-state index < -0.39 is 5.97 Å². The van der Waals surface area contributed by atoms with Crippen LogP contribution in [0.15, 0.2) is 0 Å². The van der Waals surface area contributed by atoms with Gasteiger partial charge in [0, 0.05) is 6.61 Å². The highest BCUT2D eigenvalue weighted by Crippen LogP contribution is 2.46. The highest BCUT2D eigenvalue weighted by molar-refractivity contribution is 5.70. The summed E-state index contributed by atoms with van der Waals surface area (Å²) in [7, 11) is 0. The maximum Gasteiger partial charge on any atom is 0.306 e. The lowest BCUT2D eigenvalue weighted by Gasteiger charge is -2.44. The molecule has 2 aliphatic carbocycles. The molecule has 3 heteroatoms. The summed E-state index contributed by atoms with van der Waals surface area (Å²) in [6.07, 6.45) is 6.22. The zero-order valence-electron chi connectivity index (χ0n) is 9.06. The molecule has 0 saturated heterocycles. The van der Waals surface area contributed by atoms with Gasteiger partial charge in [-0.3, -0.25) is 4.79 Å². The molecule has 0 aromatic heterocycles. The van der Waals surface area contributed by atoms with Gasteiger partial charge in [0.2, 0.25) is 0 Å².